The number of anilines is 1. The van der Waals surface area contributed by atoms with E-state index in [0.29, 0.717) is 5.69 Å². The van der Waals surface area contributed by atoms with Gasteiger partial charge in [0.25, 0.3) is 5.89 Å². The van der Waals surface area contributed by atoms with E-state index >= 15 is 0 Å². The van der Waals surface area contributed by atoms with Gasteiger partial charge in [0.1, 0.15) is 11.6 Å². The van der Waals surface area contributed by atoms with Gasteiger partial charge < -0.3 is 10.3 Å². The molecule has 20 heavy (non-hydrogen) atoms. The van der Waals surface area contributed by atoms with Gasteiger partial charge in [0.05, 0.1) is 11.1 Å². The molecule has 0 unspecified atom stereocenters. The molecule has 4 nitrogen and oxygen atoms in total. The fourth-order valence-electron chi connectivity index (χ4n) is 1.79. The molecule has 2 N–H and O–H groups in total. The van der Waals surface area contributed by atoms with Gasteiger partial charge in [-0.25, -0.2) is 8.78 Å². The van der Waals surface area contributed by atoms with Crippen LogP contribution in [0.5, 0.6) is 0 Å². The Morgan fingerprint density at radius 3 is 2.50 bits per heavy atom. The van der Waals surface area contributed by atoms with Crippen LogP contribution in [-0.4, -0.2) is 10.1 Å². The largest absolute Gasteiger partial charge is 0.399 e. The second-order valence-electron chi connectivity index (χ2n) is 4.14. The predicted molar refractivity (Wildman–Crippen MR) is 69.5 cm³/mol. The van der Waals surface area contributed by atoms with Gasteiger partial charge in [0.2, 0.25) is 5.82 Å². The zero-order chi connectivity index (χ0) is 14.1. The normalized spacial score (nSPS) is 10.7. The van der Waals surface area contributed by atoms with Crippen LogP contribution in [0.3, 0.4) is 0 Å². The van der Waals surface area contributed by atoms with E-state index in [0.717, 1.165) is 6.07 Å². The molecular formula is C14H9F2N3O. The first kappa shape index (κ1) is 12.3. The molecule has 0 bridgehead atoms. The summed E-state index contributed by atoms with van der Waals surface area (Å²) in [5.41, 5.74) is 6.07. The Labute approximate surface area is 112 Å². The molecule has 2 aromatic carbocycles. The summed E-state index contributed by atoms with van der Waals surface area (Å²) in [6.45, 7) is 0. The Balaban J connectivity index is 2.04. The van der Waals surface area contributed by atoms with Crippen LogP contribution >= 0.6 is 0 Å². The third-order valence-electron chi connectivity index (χ3n) is 2.76. The molecule has 0 radical (unpaired) electrons. The molecule has 0 fully saturated rings. The number of halogens is 2. The van der Waals surface area contributed by atoms with Crippen LogP contribution in [0.1, 0.15) is 0 Å². The SMILES string of the molecule is Nc1ccc(-c2nc(-c3ccccc3F)no2)c(F)c1. The maximum atomic E-state index is 13.7. The van der Waals surface area contributed by atoms with Gasteiger partial charge >= 0.3 is 0 Å². The number of nitrogens with two attached hydrogens (primary N) is 1. The molecule has 3 rings (SSSR count). The van der Waals surface area contributed by atoms with Crippen LogP contribution in [0, 0.1) is 11.6 Å². The van der Waals surface area contributed by atoms with Gasteiger partial charge in [0.15, 0.2) is 0 Å². The van der Waals surface area contributed by atoms with Crippen molar-refractivity contribution in [2.45, 2.75) is 0 Å². The van der Waals surface area contributed by atoms with E-state index in [4.69, 9.17) is 10.3 Å². The first-order valence-corrected chi connectivity index (χ1v) is 5.79. The lowest BCUT2D eigenvalue weighted by Crippen LogP contribution is -1.90. The molecular weight excluding hydrogens is 264 g/mol. The number of nitrogens with zero attached hydrogens (tertiary/aromatic N) is 2. The maximum Gasteiger partial charge on any atom is 0.261 e. The van der Waals surface area contributed by atoms with Gasteiger partial charge in [-0.3, -0.25) is 0 Å². The minimum Gasteiger partial charge on any atom is -0.399 e. The summed E-state index contributed by atoms with van der Waals surface area (Å²) in [5, 5.41) is 3.66. The molecule has 100 valence electrons. The quantitative estimate of drug-likeness (QED) is 0.728. The van der Waals surface area contributed by atoms with E-state index in [2.05, 4.69) is 10.1 Å². The lowest BCUT2D eigenvalue weighted by Gasteiger charge is -1.98. The lowest BCUT2D eigenvalue weighted by molar-refractivity contribution is 0.429. The van der Waals surface area contributed by atoms with Crippen molar-refractivity contribution < 1.29 is 13.3 Å². The van der Waals surface area contributed by atoms with Crippen molar-refractivity contribution >= 4 is 5.69 Å². The van der Waals surface area contributed by atoms with Crippen LogP contribution in [-0.2, 0) is 0 Å². The summed E-state index contributed by atoms with van der Waals surface area (Å²) in [4.78, 5) is 4.00. The summed E-state index contributed by atoms with van der Waals surface area (Å²) in [6, 6.07) is 10.1. The van der Waals surface area contributed by atoms with E-state index in [9.17, 15) is 8.78 Å². The third-order valence-corrected chi connectivity index (χ3v) is 2.76. The molecule has 0 atom stereocenters. The van der Waals surface area contributed by atoms with Crippen molar-refractivity contribution in [1.82, 2.24) is 10.1 Å². The van der Waals surface area contributed by atoms with Crippen LogP contribution in [0.25, 0.3) is 22.8 Å². The van der Waals surface area contributed by atoms with E-state index in [1.54, 1.807) is 12.1 Å². The smallest absolute Gasteiger partial charge is 0.261 e. The van der Waals surface area contributed by atoms with Gasteiger partial charge in [-0.1, -0.05) is 17.3 Å². The van der Waals surface area contributed by atoms with E-state index in [1.165, 1.54) is 24.3 Å². The van der Waals surface area contributed by atoms with Crippen LogP contribution < -0.4 is 5.73 Å². The second-order valence-corrected chi connectivity index (χ2v) is 4.14. The third kappa shape index (κ3) is 2.11. The number of nitrogen functional groups attached to an aromatic ring is 1. The zero-order valence-electron chi connectivity index (χ0n) is 10.2. The molecule has 0 amide bonds. The van der Waals surface area contributed by atoms with Gasteiger partial charge in [0, 0.05) is 5.69 Å². The summed E-state index contributed by atoms with van der Waals surface area (Å²) >= 11 is 0. The lowest BCUT2D eigenvalue weighted by atomic mass is 10.2. The van der Waals surface area contributed by atoms with Crippen molar-refractivity contribution in [3.63, 3.8) is 0 Å². The molecule has 1 aromatic heterocycles. The van der Waals surface area contributed by atoms with Crippen LogP contribution in [0.15, 0.2) is 47.0 Å². The molecule has 0 spiro atoms. The van der Waals surface area contributed by atoms with E-state index in [-0.39, 0.29) is 22.8 Å². The van der Waals surface area contributed by atoms with Gasteiger partial charge in [-0.05, 0) is 30.3 Å². The van der Waals surface area contributed by atoms with Crippen molar-refractivity contribution in [3.8, 4) is 22.8 Å². The fourth-order valence-corrected chi connectivity index (χ4v) is 1.79. The Kier molecular flexibility index (Phi) is 2.90. The molecule has 0 aliphatic heterocycles. The average Bonchev–Trinajstić information content (AvgIpc) is 2.88. The average molecular weight is 273 g/mol. The highest BCUT2D eigenvalue weighted by molar-refractivity contribution is 5.62. The topological polar surface area (TPSA) is 64.9 Å². The molecule has 0 aliphatic rings. The Morgan fingerprint density at radius 2 is 1.75 bits per heavy atom. The van der Waals surface area contributed by atoms with E-state index < -0.39 is 11.6 Å². The van der Waals surface area contributed by atoms with Crippen LogP contribution in [0.2, 0.25) is 0 Å². The van der Waals surface area contributed by atoms with Crippen molar-refractivity contribution in [2.75, 3.05) is 5.73 Å². The Hall–Kier alpha value is -2.76. The summed E-state index contributed by atoms with van der Waals surface area (Å²) in [5.74, 6) is -1.01. The molecule has 0 aliphatic carbocycles. The first-order chi connectivity index (χ1) is 9.65. The molecule has 0 saturated heterocycles. The number of rotatable bonds is 2. The van der Waals surface area contributed by atoms with Crippen LogP contribution in [0.4, 0.5) is 14.5 Å². The Bertz CT molecular complexity index is 771. The second kappa shape index (κ2) is 4.73. The number of benzene rings is 2. The molecule has 1 heterocycles. The minimum atomic E-state index is -0.575. The minimum absolute atomic E-state index is 0.0271. The summed E-state index contributed by atoms with van der Waals surface area (Å²) in [7, 11) is 0. The highest BCUT2D eigenvalue weighted by Gasteiger charge is 2.16. The van der Waals surface area contributed by atoms with Crippen molar-refractivity contribution in [2.24, 2.45) is 0 Å². The molecule has 6 heteroatoms. The summed E-state index contributed by atoms with van der Waals surface area (Å²) in [6.07, 6.45) is 0. The number of hydrogen-bond donors (Lipinski definition) is 1. The van der Waals surface area contributed by atoms with Crippen molar-refractivity contribution in [1.29, 1.82) is 0 Å². The van der Waals surface area contributed by atoms with Crippen molar-refractivity contribution in [3.05, 3.63) is 54.1 Å². The fraction of sp³-hybridized carbons (Fsp3) is 0. The molecule has 3 aromatic rings. The Morgan fingerprint density at radius 1 is 0.950 bits per heavy atom. The maximum absolute atomic E-state index is 13.7. The highest BCUT2D eigenvalue weighted by Crippen LogP contribution is 2.26. The van der Waals surface area contributed by atoms with Gasteiger partial charge in [-0.15, -0.1) is 0 Å². The predicted octanol–water partition coefficient (Wildman–Crippen LogP) is 3.26. The first-order valence-electron chi connectivity index (χ1n) is 5.79. The number of hydrogen-bond acceptors (Lipinski definition) is 4. The van der Waals surface area contributed by atoms with Gasteiger partial charge in [-0.2, -0.15) is 4.98 Å². The summed E-state index contributed by atoms with van der Waals surface area (Å²) < 4.78 is 32.3. The molecule has 0 saturated carbocycles. The number of aromatic nitrogens is 2. The van der Waals surface area contributed by atoms with E-state index in [1.807, 2.05) is 0 Å². The highest BCUT2D eigenvalue weighted by atomic mass is 19.1. The zero-order valence-corrected chi connectivity index (χ0v) is 10.2. The standard InChI is InChI=1S/C14H9F2N3O/c15-11-4-2-1-3-9(11)13-18-14(20-19-13)10-6-5-8(17)7-12(10)16/h1-7H,17H2. The monoisotopic (exact) mass is 273 g/mol.